The summed E-state index contributed by atoms with van der Waals surface area (Å²) in [5.74, 6) is -0.183. The average molecular weight is 267 g/mol. The SMILES string of the molecule is COC(=O)C1CC=C([B]OC(C)(C)C(C)(C)O)CC1. The van der Waals surface area contributed by atoms with E-state index < -0.39 is 11.2 Å². The molecule has 5 heteroatoms. The first-order valence-electron chi connectivity index (χ1n) is 6.67. The summed E-state index contributed by atoms with van der Waals surface area (Å²) in [4.78, 5) is 11.4. The summed E-state index contributed by atoms with van der Waals surface area (Å²) in [6, 6.07) is 0. The Morgan fingerprint density at radius 1 is 1.42 bits per heavy atom. The van der Waals surface area contributed by atoms with Crippen LogP contribution in [0.3, 0.4) is 0 Å². The number of rotatable bonds is 5. The largest absolute Gasteiger partial charge is 0.469 e. The minimum Gasteiger partial charge on any atom is -0.469 e. The number of hydrogen-bond acceptors (Lipinski definition) is 4. The molecule has 0 bridgehead atoms. The van der Waals surface area contributed by atoms with E-state index in [1.165, 1.54) is 7.11 Å². The van der Waals surface area contributed by atoms with Crippen LogP contribution in [0.5, 0.6) is 0 Å². The maximum atomic E-state index is 11.4. The number of methoxy groups -OCH3 is 1. The summed E-state index contributed by atoms with van der Waals surface area (Å²) < 4.78 is 10.4. The van der Waals surface area contributed by atoms with E-state index in [1.54, 1.807) is 21.3 Å². The average Bonchev–Trinajstić information content (AvgIpc) is 2.35. The second-order valence-corrected chi connectivity index (χ2v) is 6.08. The zero-order valence-corrected chi connectivity index (χ0v) is 12.5. The van der Waals surface area contributed by atoms with E-state index in [9.17, 15) is 9.90 Å². The summed E-state index contributed by atoms with van der Waals surface area (Å²) in [6.45, 7) is 7.15. The fourth-order valence-electron chi connectivity index (χ4n) is 1.71. The minimum atomic E-state index is -0.923. The van der Waals surface area contributed by atoms with Crippen LogP contribution in [-0.2, 0) is 14.2 Å². The highest BCUT2D eigenvalue weighted by Crippen LogP contribution is 2.28. The summed E-state index contributed by atoms with van der Waals surface area (Å²) in [7, 11) is 3.12. The van der Waals surface area contributed by atoms with Crippen LogP contribution in [0.25, 0.3) is 0 Å². The van der Waals surface area contributed by atoms with Crippen molar-refractivity contribution in [3.05, 3.63) is 11.5 Å². The van der Waals surface area contributed by atoms with Gasteiger partial charge in [-0.25, -0.2) is 0 Å². The highest BCUT2D eigenvalue weighted by Gasteiger charge is 2.36. The molecular formula is C14H24BO4. The highest BCUT2D eigenvalue weighted by atomic mass is 16.5. The summed E-state index contributed by atoms with van der Waals surface area (Å²) >= 11 is 0. The molecule has 19 heavy (non-hydrogen) atoms. The molecule has 1 radical (unpaired) electrons. The molecule has 0 aliphatic heterocycles. The first kappa shape index (κ1) is 16.2. The van der Waals surface area contributed by atoms with Crippen molar-refractivity contribution in [1.82, 2.24) is 0 Å². The smallest absolute Gasteiger partial charge is 0.326 e. The van der Waals surface area contributed by atoms with Gasteiger partial charge in [-0.05, 0) is 47.0 Å². The third kappa shape index (κ3) is 4.35. The molecule has 0 spiro atoms. The lowest BCUT2D eigenvalue weighted by Gasteiger charge is -2.38. The van der Waals surface area contributed by atoms with E-state index in [0.29, 0.717) is 6.42 Å². The number of carbonyl (C=O) groups is 1. The first-order chi connectivity index (χ1) is 8.67. The van der Waals surface area contributed by atoms with E-state index in [-0.39, 0.29) is 11.9 Å². The van der Waals surface area contributed by atoms with E-state index in [1.807, 2.05) is 19.9 Å². The Morgan fingerprint density at radius 2 is 2.05 bits per heavy atom. The number of esters is 1. The highest BCUT2D eigenvalue weighted by molar-refractivity contribution is 6.38. The van der Waals surface area contributed by atoms with Gasteiger partial charge in [0, 0.05) is 0 Å². The third-order valence-electron chi connectivity index (χ3n) is 3.96. The van der Waals surface area contributed by atoms with Crippen LogP contribution in [0.4, 0.5) is 0 Å². The number of ether oxygens (including phenoxy) is 1. The van der Waals surface area contributed by atoms with Crippen molar-refractivity contribution in [1.29, 1.82) is 0 Å². The predicted octanol–water partition coefficient (Wildman–Crippen LogP) is 2.03. The van der Waals surface area contributed by atoms with Gasteiger partial charge in [0.25, 0.3) is 0 Å². The van der Waals surface area contributed by atoms with Crippen molar-refractivity contribution in [2.24, 2.45) is 5.92 Å². The number of aliphatic hydroxyl groups is 1. The van der Waals surface area contributed by atoms with Crippen LogP contribution in [0.1, 0.15) is 47.0 Å². The molecule has 1 rings (SSSR count). The summed E-state index contributed by atoms with van der Waals surface area (Å²) in [5, 5.41) is 10.00. The second-order valence-electron chi connectivity index (χ2n) is 6.08. The fraction of sp³-hybridized carbons (Fsp3) is 0.786. The summed E-state index contributed by atoms with van der Waals surface area (Å²) in [5.41, 5.74) is -0.516. The topological polar surface area (TPSA) is 55.8 Å². The third-order valence-corrected chi connectivity index (χ3v) is 3.96. The molecule has 0 saturated heterocycles. The molecule has 1 aliphatic carbocycles. The lowest BCUT2D eigenvalue weighted by molar-refractivity contribution is -0.145. The van der Waals surface area contributed by atoms with Crippen molar-refractivity contribution in [3.8, 4) is 0 Å². The molecule has 0 aromatic rings. The molecule has 0 fully saturated rings. The Hall–Kier alpha value is -0.805. The first-order valence-corrected chi connectivity index (χ1v) is 6.67. The molecule has 1 unspecified atom stereocenters. The zero-order valence-electron chi connectivity index (χ0n) is 12.5. The Kier molecular flexibility index (Phi) is 5.22. The van der Waals surface area contributed by atoms with Gasteiger partial charge < -0.3 is 14.5 Å². The molecule has 0 saturated carbocycles. The standard InChI is InChI=1S/C14H24BO4/c1-13(2,17)14(3,4)19-15-11-8-6-10(7-9-11)12(16)18-5/h8,10,17H,6-7,9H2,1-5H3. The molecule has 0 heterocycles. The van der Waals surface area contributed by atoms with Gasteiger partial charge in [-0.3, -0.25) is 4.79 Å². The monoisotopic (exact) mass is 267 g/mol. The Labute approximate surface area is 116 Å². The lowest BCUT2D eigenvalue weighted by atomic mass is 9.75. The van der Waals surface area contributed by atoms with Crippen LogP contribution < -0.4 is 0 Å². The van der Waals surface area contributed by atoms with Crippen LogP contribution in [0.2, 0.25) is 0 Å². The number of allylic oxidation sites excluding steroid dienone is 2. The zero-order chi connectivity index (χ0) is 14.7. The van der Waals surface area contributed by atoms with Crippen LogP contribution in [0, 0.1) is 5.92 Å². The molecule has 107 valence electrons. The summed E-state index contributed by atoms with van der Waals surface area (Å²) in [6.07, 6.45) is 4.26. The van der Waals surface area contributed by atoms with Crippen LogP contribution >= 0.6 is 0 Å². The molecular weight excluding hydrogens is 243 g/mol. The van der Waals surface area contributed by atoms with E-state index in [4.69, 9.17) is 9.39 Å². The molecule has 0 amide bonds. The van der Waals surface area contributed by atoms with Gasteiger partial charge in [0.05, 0.1) is 24.2 Å². The van der Waals surface area contributed by atoms with Gasteiger partial charge in [-0.15, -0.1) is 0 Å². The normalized spacial score (nSPS) is 20.7. The van der Waals surface area contributed by atoms with E-state index in [2.05, 4.69) is 0 Å². The van der Waals surface area contributed by atoms with Gasteiger partial charge in [-0.2, -0.15) is 0 Å². The fourth-order valence-corrected chi connectivity index (χ4v) is 1.71. The number of carbonyl (C=O) groups excluding carboxylic acids is 1. The molecule has 0 aromatic heterocycles. The number of hydrogen-bond donors (Lipinski definition) is 1. The van der Waals surface area contributed by atoms with Gasteiger partial charge in [0.1, 0.15) is 0 Å². The molecule has 1 N–H and O–H groups in total. The van der Waals surface area contributed by atoms with Gasteiger partial charge in [0.2, 0.25) is 0 Å². The minimum absolute atomic E-state index is 0.0376. The molecule has 1 atom stereocenters. The maximum absolute atomic E-state index is 11.4. The molecule has 0 aromatic carbocycles. The van der Waals surface area contributed by atoms with E-state index in [0.717, 1.165) is 18.3 Å². The van der Waals surface area contributed by atoms with Crippen LogP contribution in [0.15, 0.2) is 11.5 Å². The predicted molar refractivity (Wildman–Crippen MR) is 74.7 cm³/mol. The Balaban J connectivity index is 2.49. The van der Waals surface area contributed by atoms with Crippen molar-refractivity contribution in [2.45, 2.75) is 58.2 Å². The Morgan fingerprint density at radius 3 is 2.47 bits per heavy atom. The van der Waals surface area contributed by atoms with Crippen LogP contribution in [-0.4, -0.2) is 36.9 Å². The van der Waals surface area contributed by atoms with Gasteiger partial charge >= 0.3 is 13.5 Å². The lowest BCUT2D eigenvalue weighted by Crippen LogP contribution is -2.48. The quantitative estimate of drug-likeness (QED) is 0.611. The van der Waals surface area contributed by atoms with Crippen molar-refractivity contribution < 1.29 is 19.3 Å². The van der Waals surface area contributed by atoms with E-state index >= 15 is 0 Å². The van der Waals surface area contributed by atoms with Gasteiger partial charge in [0.15, 0.2) is 0 Å². The van der Waals surface area contributed by atoms with Crippen molar-refractivity contribution >= 4 is 13.5 Å². The maximum Gasteiger partial charge on any atom is 0.326 e. The van der Waals surface area contributed by atoms with Crippen molar-refractivity contribution in [3.63, 3.8) is 0 Å². The molecule has 4 nitrogen and oxygen atoms in total. The second kappa shape index (κ2) is 6.10. The van der Waals surface area contributed by atoms with Crippen molar-refractivity contribution in [2.75, 3.05) is 7.11 Å². The Bertz CT molecular complexity index is 355. The van der Waals surface area contributed by atoms with Gasteiger partial charge in [-0.1, -0.05) is 11.5 Å². The molecule has 1 aliphatic rings.